The van der Waals surface area contributed by atoms with Crippen LogP contribution in [0.4, 0.5) is 18.9 Å². The molecule has 1 saturated carbocycles. The molecule has 5 heterocycles. The monoisotopic (exact) mass is 702 g/mol. The van der Waals surface area contributed by atoms with Crippen LogP contribution in [0.15, 0.2) is 30.3 Å². The van der Waals surface area contributed by atoms with E-state index in [2.05, 4.69) is 54.4 Å². The van der Waals surface area contributed by atoms with Crippen LogP contribution in [0, 0.1) is 6.92 Å². The SMILES string of the molecule is Cc1ccc(C(c2nnnn2C2CCCC2)N2CCN(c3ccc4c(c3)C(=O)N(C3CCC(=O)NC3=O)C4=O)CC2)s1.O=C(O)C(F)(F)F. The van der Waals surface area contributed by atoms with Gasteiger partial charge in [-0.3, -0.25) is 34.3 Å². The number of anilines is 1. The van der Waals surface area contributed by atoms with Crippen LogP contribution in [0.5, 0.6) is 0 Å². The van der Waals surface area contributed by atoms with Crippen molar-refractivity contribution >= 4 is 46.6 Å². The van der Waals surface area contributed by atoms with Crippen molar-refractivity contribution in [2.75, 3.05) is 31.1 Å². The van der Waals surface area contributed by atoms with E-state index in [1.807, 2.05) is 6.07 Å². The Kier molecular flexibility index (Phi) is 9.52. The zero-order valence-corrected chi connectivity index (χ0v) is 27.2. The molecule has 2 aromatic heterocycles. The number of carbonyl (C=O) groups is 5. The first-order valence-electron chi connectivity index (χ1n) is 15.8. The van der Waals surface area contributed by atoms with E-state index in [4.69, 9.17) is 9.90 Å². The fourth-order valence-electron chi connectivity index (χ4n) is 6.75. The van der Waals surface area contributed by atoms with Crippen LogP contribution in [0.1, 0.15) is 86.9 Å². The number of imide groups is 2. The van der Waals surface area contributed by atoms with Crippen LogP contribution in [-0.2, 0) is 14.4 Å². The van der Waals surface area contributed by atoms with Gasteiger partial charge in [0.25, 0.3) is 11.8 Å². The number of aromatic nitrogens is 4. The van der Waals surface area contributed by atoms with Gasteiger partial charge in [0.05, 0.1) is 17.2 Å². The minimum atomic E-state index is -5.08. The van der Waals surface area contributed by atoms with Crippen molar-refractivity contribution in [3.63, 3.8) is 0 Å². The van der Waals surface area contributed by atoms with E-state index in [9.17, 15) is 32.3 Å². The number of tetrazole rings is 1. The van der Waals surface area contributed by atoms with Crippen molar-refractivity contribution in [1.82, 2.24) is 35.3 Å². The van der Waals surface area contributed by atoms with Crippen LogP contribution in [0.25, 0.3) is 0 Å². The minimum Gasteiger partial charge on any atom is -0.475 e. The molecule has 3 aliphatic heterocycles. The van der Waals surface area contributed by atoms with Crippen molar-refractivity contribution in [3.8, 4) is 0 Å². The van der Waals surface area contributed by atoms with Gasteiger partial charge < -0.3 is 10.0 Å². The first-order valence-corrected chi connectivity index (χ1v) is 16.6. The van der Waals surface area contributed by atoms with Gasteiger partial charge in [0.2, 0.25) is 11.8 Å². The summed E-state index contributed by atoms with van der Waals surface area (Å²) in [5, 5.41) is 22.4. The molecule has 0 bridgehead atoms. The summed E-state index contributed by atoms with van der Waals surface area (Å²) in [6, 6.07) is 8.97. The van der Waals surface area contributed by atoms with Gasteiger partial charge in [-0.25, -0.2) is 9.48 Å². The van der Waals surface area contributed by atoms with E-state index in [1.165, 1.54) is 22.6 Å². The number of nitrogens with one attached hydrogen (secondary N) is 1. The first kappa shape index (κ1) is 34.2. The number of hydrogen-bond acceptors (Lipinski definition) is 11. The van der Waals surface area contributed by atoms with E-state index in [0.29, 0.717) is 17.2 Å². The second kappa shape index (κ2) is 13.7. The number of alkyl halides is 3. The van der Waals surface area contributed by atoms with Gasteiger partial charge in [-0.15, -0.1) is 16.4 Å². The fourth-order valence-corrected chi connectivity index (χ4v) is 7.76. The second-order valence-electron chi connectivity index (χ2n) is 12.3. The molecule has 2 atom stereocenters. The number of piperidine rings is 1. The van der Waals surface area contributed by atoms with Gasteiger partial charge in [0.15, 0.2) is 5.82 Å². The van der Waals surface area contributed by atoms with Gasteiger partial charge >= 0.3 is 12.1 Å². The third kappa shape index (κ3) is 6.92. The number of hydrogen-bond donors (Lipinski definition) is 2. The number of carboxylic acids is 1. The third-order valence-corrected chi connectivity index (χ3v) is 10.2. The molecule has 2 saturated heterocycles. The largest absolute Gasteiger partial charge is 0.490 e. The Morgan fingerprint density at radius 2 is 1.65 bits per heavy atom. The maximum Gasteiger partial charge on any atom is 0.490 e. The number of fused-ring (bicyclic) bond motifs is 1. The Hall–Kier alpha value is -4.71. The van der Waals surface area contributed by atoms with Crippen molar-refractivity contribution in [1.29, 1.82) is 0 Å². The summed E-state index contributed by atoms with van der Waals surface area (Å²) >= 11 is 1.78. The van der Waals surface area contributed by atoms with E-state index in [1.54, 1.807) is 23.5 Å². The molecule has 2 N–H and O–H groups in total. The highest BCUT2D eigenvalue weighted by atomic mass is 32.1. The third-order valence-electron chi connectivity index (χ3n) is 9.17. The molecule has 0 radical (unpaired) electrons. The molecular weight excluding hydrogens is 669 g/mol. The van der Waals surface area contributed by atoms with Gasteiger partial charge in [-0.1, -0.05) is 12.8 Å². The van der Waals surface area contributed by atoms with Gasteiger partial charge in [-0.05, 0) is 66.9 Å². The minimum absolute atomic E-state index is 0.0391. The number of rotatable bonds is 6. The van der Waals surface area contributed by atoms with E-state index in [-0.39, 0.29) is 24.8 Å². The molecule has 4 aliphatic rings. The van der Waals surface area contributed by atoms with Crippen molar-refractivity contribution < 1.29 is 42.3 Å². The normalized spacial score (nSPS) is 21.0. The summed E-state index contributed by atoms with van der Waals surface area (Å²) in [6.45, 7) is 5.11. The summed E-state index contributed by atoms with van der Waals surface area (Å²) < 4.78 is 33.8. The number of nitrogens with zero attached hydrogens (tertiary/aromatic N) is 7. The molecule has 49 heavy (non-hydrogen) atoms. The highest BCUT2D eigenvalue weighted by molar-refractivity contribution is 7.12. The Morgan fingerprint density at radius 1 is 0.980 bits per heavy atom. The lowest BCUT2D eigenvalue weighted by atomic mass is 10.0. The van der Waals surface area contributed by atoms with Crippen molar-refractivity contribution in [3.05, 3.63) is 57.0 Å². The summed E-state index contributed by atoms with van der Waals surface area (Å²) in [4.78, 5) is 67.5. The smallest absolute Gasteiger partial charge is 0.475 e. The Labute approximate surface area is 281 Å². The van der Waals surface area contributed by atoms with Gasteiger partial charge in [0, 0.05) is 48.0 Å². The molecule has 3 aromatic rings. The number of piperazine rings is 1. The topological polar surface area (TPSA) is 171 Å². The van der Waals surface area contributed by atoms with Crippen LogP contribution in [-0.4, -0.2) is 103 Å². The van der Waals surface area contributed by atoms with Crippen molar-refractivity contribution in [2.45, 2.75) is 69.8 Å². The number of benzene rings is 1. The zero-order valence-electron chi connectivity index (χ0n) is 26.4. The first-order chi connectivity index (χ1) is 23.3. The molecule has 1 aromatic carbocycles. The standard InChI is InChI=1S/C29H32N8O4S.C2HF3O2/c1-17-6-10-23(42-17)25(26-31-32-33-37(26)18-4-2-3-5-18)35-14-12-34(13-15-35)19-7-8-20-21(16-19)29(41)36(28(20)40)22-9-11-24(38)30-27(22)39;3-2(4,5)1(6)7/h6-8,10,16,18,22,25H,2-5,9,11-15H2,1H3,(H,30,38,39);(H,6,7). The second-order valence-corrected chi connectivity index (χ2v) is 13.6. The average molecular weight is 703 g/mol. The van der Waals surface area contributed by atoms with Crippen molar-refractivity contribution in [2.24, 2.45) is 0 Å². The summed E-state index contributed by atoms with van der Waals surface area (Å²) in [7, 11) is 0. The van der Waals surface area contributed by atoms with E-state index in [0.717, 1.165) is 55.4 Å². The summed E-state index contributed by atoms with van der Waals surface area (Å²) in [6.07, 6.45) is -0.249. The van der Waals surface area contributed by atoms with Crippen LogP contribution in [0.2, 0.25) is 0 Å². The lowest BCUT2D eigenvalue weighted by Crippen LogP contribution is -2.54. The molecule has 260 valence electrons. The van der Waals surface area contributed by atoms with Gasteiger partial charge in [0.1, 0.15) is 12.1 Å². The molecule has 14 nitrogen and oxygen atoms in total. The molecule has 1 aliphatic carbocycles. The predicted molar refractivity (Wildman–Crippen MR) is 167 cm³/mol. The molecule has 7 rings (SSSR count). The number of carbonyl (C=O) groups excluding carboxylic acids is 4. The number of aryl methyl sites for hydroxylation is 1. The molecule has 0 spiro atoms. The van der Waals surface area contributed by atoms with Gasteiger partial charge in [-0.2, -0.15) is 13.2 Å². The molecule has 4 amide bonds. The molecule has 18 heteroatoms. The lowest BCUT2D eigenvalue weighted by molar-refractivity contribution is -0.192. The number of carboxylic acid groups (broad SMARTS) is 1. The quantitative estimate of drug-likeness (QED) is 0.362. The maximum absolute atomic E-state index is 13.3. The Balaban J connectivity index is 0.000000540. The Bertz CT molecular complexity index is 1780. The van der Waals surface area contributed by atoms with E-state index < -0.39 is 35.9 Å². The number of halogens is 3. The summed E-state index contributed by atoms with van der Waals surface area (Å²) in [5.74, 6) is -3.83. The Morgan fingerprint density at radius 3 is 2.27 bits per heavy atom. The highest BCUT2D eigenvalue weighted by Crippen LogP contribution is 2.37. The number of aliphatic carboxylic acids is 1. The van der Waals surface area contributed by atoms with E-state index >= 15 is 0 Å². The number of amides is 4. The summed E-state index contributed by atoms with van der Waals surface area (Å²) in [5.41, 5.74) is 1.45. The van der Waals surface area contributed by atoms with Crippen LogP contribution < -0.4 is 10.2 Å². The average Bonchev–Trinajstić information content (AvgIpc) is 3.88. The predicted octanol–water partition coefficient (Wildman–Crippen LogP) is 3.10. The van der Waals surface area contributed by atoms with Crippen LogP contribution in [0.3, 0.4) is 0 Å². The maximum atomic E-state index is 13.3. The van der Waals surface area contributed by atoms with Crippen LogP contribution >= 0.6 is 11.3 Å². The lowest BCUT2D eigenvalue weighted by Gasteiger charge is -2.39. The molecule has 3 fully saturated rings. The molecular formula is C31H33F3N8O6S. The highest BCUT2D eigenvalue weighted by Gasteiger charge is 2.45. The zero-order chi connectivity index (χ0) is 35.0. The fraction of sp³-hybridized carbons (Fsp3) is 0.484. The molecule has 2 unspecified atom stereocenters. The number of thiophene rings is 1.